The van der Waals surface area contributed by atoms with Crippen LogP contribution in [0.4, 0.5) is 4.39 Å². The minimum atomic E-state index is -0.347. The van der Waals surface area contributed by atoms with E-state index >= 15 is 0 Å². The average molecular weight is 247 g/mol. The van der Waals surface area contributed by atoms with Gasteiger partial charge in [0.15, 0.2) is 0 Å². The quantitative estimate of drug-likeness (QED) is 0.906. The van der Waals surface area contributed by atoms with E-state index in [0.717, 1.165) is 29.1 Å². The molecular weight excluding hydrogens is 229 g/mol. The molecule has 0 spiro atoms. The maximum Gasteiger partial charge on any atom is 0.123 e. The van der Waals surface area contributed by atoms with Crippen molar-refractivity contribution in [2.75, 3.05) is 0 Å². The van der Waals surface area contributed by atoms with Crippen molar-refractivity contribution in [3.05, 3.63) is 52.6 Å². The van der Waals surface area contributed by atoms with Crippen LogP contribution >= 0.6 is 0 Å². The molecule has 2 N–H and O–H groups in total. The maximum absolute atomic E-state index is 13.4. The van der Waals surface area contributed by atoms with Gasteiger partial charge in [0.25, 0.3) is 0 Å². The highest BCUT2D eigenvalue weighted by Crippen LogP contribution is 2.22. The molecule has 1 aromatic carbocycles. The zero-order valence-electron chi connectivity index (χ0n) is 10.9. The van der Waals surface area contributed by atoms with E-state index < -0.39 is 0 Å². The lowest BCUT2D eigenvalue weighted by molar-refractivity contribution is 0.591. The molecule has 0 fully saturated rings. The molecule has 1 heterocycles. The maximum atomic E-state index is 13.4. The minimum absolute atomic E-state index is 0.250. The number of hydrogen-bond acceptors (Lipinski definition) is 2. The van der Waals surface area contributed by atoms with Gasteiger partial charge in [-0.2, -0.15) is 5.10 Å². The second-order valence-electron chi connectivity index (χ2n) is 4.57. The van der Waals surface area contributed by atoms with Gasteiger partial charge in [-0.3, -0.25) is 4.68 Å². The summed E-state index contributed by atoms with van der Waals surface area (Å²) in [5, 5.41) is 4.36. The van der Waals surface area contributed by atoms with Crippen molar-refractivity contribution >= 4 is 0 Å². The highest BCUT2D eigenvalue weighted by atomic mass is 19.1. The van der Waals surface area contributed by atoms with E-state index in [4.69, 9.17) is 5.73 Å². The SMILES string of the molecule is CCn1nc(C)cc1C(N)c1cc(C)cc(F)c1. The Morgan fingerprint density at radius 2 is 2.00 bits per heavy atom. The Labute approximate surface area is 106 Å². The van der Waals surface area contributed by atoms with Crippen molar-refractivity contribution in [2.45, 2.75) is 33.4 Å². The predicted molar refractivity (Wildman–Crippen MR) is 69.8 cm³/mol. The zero-order valence-corrected chi connectivity index (χ0v) is 10.9. The molecular formula is C14H18FN3. The van der Waals surface area contributed by atoms with Crippen LogP contribution in [0.25, 0.3) is 0 Å². The van der Waals surface area contributed by atoms with Gasteiger partial charge in [-0.15, -0.1) is 0 Å². The first-order valence-corrected chi connectivity index (χ1v) is 6.08. The summed E-state index contributed by atoms with van der Waals surface area (Å²) in [4.78, 5) is 0. The number of hydrogen-bond donors (Lipinski definition) is 1. The molecule has 0 amide bonds. The van der Waals surface area contributed by atoms with Crippen LogP contribution in [0.15, 0.2) is 24.3 Å². The smallest absolute Gasteiger partial charge is 0.123 e. The Balaban J connectivity index is 2.43. The van der Waals surface area contributed by atoms with Gasteiger partial charge in [0, 0.05) is 6.54 Å². The van der Waals surface area contributed by atoms with Crippen molar-refractivity contribution in [1.29, 1.82) is 0 Å². The first-order chi connectivity index (χ1) is 8.51. The van der Waals surface area contributed by atoms with E-state index in [1.165, 1.54) is 12.1 Å². The third kappa shape index (κ3) is 2.43. The lowest BCUT2D eigenvalue weighted by atomic mass is 10.0. The fourth-order valence-electron chi connectivity index (χ4n) is 2.18. The molecule has 1 unspecified atom stereocenters. The van der Waals surface area contributed by atoms with E-state index in [1.807, 2.05) is 37.6 Å². The molecule has 96 valence electrons. The molecule has 3 nitrogen and oxygen atoms in total. The van der Waals surface area contributed by atoms with Crippen LogP contribution in [0.5, 0.6) is 0 Å². The second kappa shape index (κ2) is 4.90. The summed E-state index contributed by atoms with van der Waals surface area (Å²) in [5.41, 5.74) is 9.71. The molecule has 0 saturated heterocycles. The number of aromatic nitrogens is 2. The van der Waals surface area contributed by atoms with Gasteiger partial charge < -0.3 is 5.73 Å². The fraction of sp³-hybridized carbons (Fsp3) is 0.357. The van der Waals surface area contributed by atoms with Crippen LogP contribution < -0.4 is 5.73 Å². The molecule has 18 heavy (non-hydrogen) atoms. The number of benzene rings is 1. The van der Waals surface area contributed by atoms with E-state index in [9.17, 15) is 4.39 Å². The zero-order chi connectivity index (χ0) is 13.3. The molecule has 0 aliphatic carbocycles. The van der Waals surface area contributed by atoms with Crippen molar-refractivity contribution in [2.24, 2.45) is 5.73 Å². The van der Waals surface area contributed by atoms with Gasteiger partial charge in [-0.25, -0.2) is 4.39 Å². The summed E-state index contributed by atoms with van der Waals surface area (Å²) >= 11 is 0. The van der Waals surface area contributed by atoms with Crippen molar-refractivity contribution in [1.82, 2.24) is 9.78 Å². The molecule has 0 saturated carbocycles. The molecule has 0 aliphatic heterocycles. The molecule has 2 rings (SSSR count). The lowest BCUT2D eigenvalue weighted by Crippen LogP contribution is -2.17. The topological polar surface area (TPSA) is 43.8 Å². The van der Waals surface area contributed by atoms with Crippen LogP contribution in [-0.2, 0) is 6.54 Å². The van der Waals surface area contributed by atoms with Gasteiger partial charge in [0.05, 0.1) is 17.4 Å². The Hall–Kier alpha value is -1.68. The first kappa shape index (κ1) is 12.8. The van der Waals surface area contributed by atoms with E-state index in [1.54, 1.807) is 0 Å². The number of nitrogens with zero attached hydrogens (tertiary/aromatic N) is 2. The van der Waals surface area contributed by atoms with E-state index in [0.29, 0.717) is 0 Å². The summed E-state index contributed by atoms with van der Waals surface area (Å²) < 4.78 is 15.3. The van der Waals surface area contributed by atoms with E-state index in [-0.39, 0.29) is 11.9 Å². The highest BCUT2D eigenvalue weighted by Gasteiger charge is 2.15. The van der Waals surface area contributed by atoms with Crippen LogP contribution in [0.3, 0.4) is 0 Å². The standard InChI is InChI=1S/C14H18FN3/c1-4-18-13(7-10(3)17-18)14(16)11-5-9(2)6-12(15)8-11/h5-8,14H,4,16H2,1-3H3. The van der Waals surface area contributed by atoms with Gasteiger partial charge in [-0.1, -0.05) is 6.07 Å². The lowest BCUT2D eigenvalue weighted by Gasteiger charge is -2.14. The van der Waals surface area contributed by atoms with Gasteiger partial charge in [0.2, 0.25) is 0 Å². The van der Waals surface area contributed by atoms with Crippen LogP contribution in [0.1, 0.15) is 35.5 Å². The number of nitrogens with two attached hydrogens (primary N) is 1. The minimum Gasteiger partial charge on any atom is -0.319 e. The molecule has 0 bridgehead atoms. The number of aryl methyl sites for hydroxylation is 3. The van der Waals surface area contributed by atoms with Crippen LogP contribution in [0, 0.1) is 19.7 Å². The molecule has 1 aromatic heterocycles. The van der Waals surface area contributed by atoms with Crippen molar-refractivity contribution in [3.8, 4) is 0 Å². The normalized spacial score (nSPS) is 12.7. The molecule has 0 radical (unpaired) electrons. The summed E-state index contributed by atoms with van der Waals surface area (Å²) in [6.07, 6.45) is 0. The first-order valence-electron chi connectivity index (χ1n) is 6.08. The Morgan fingerprint density at radius 1 is 1.28 bits per heavy atom. The van der Waals surface area contributed by atoms with Crippen LogP contribution in [0.2, 0.25) is 0 Å². The fourth-order valence-corrected chi connectivity index (χ4v) is 2.18. The molecule has 4 heteroatoms. The molecule has 1 atom stereocenters. The van der Waals surface area contributed by atoms with E-state index in [2.05, 4.69) is 5.10 Å². The Bertz CT molecular complexity index is 540. The van der Waals surface area contributed by atoms with Gasteiger partial charge in [-0.05, 0) is 50.1 Å². The van der Waals surface area contributed by atoms with Gasteiger partial charge in [0.1, 0.15) is 5.82 Å². The Kier molecular flexibility index (Phi) is 3.48. The molecule has 0 aliphatic rings. The van der Waals surface area contributed by atoms with Crippen molar-refractivity contribution < 1.29 is 4.39 Å². The monoisotopic (exact) mass is 247 g/mol. The number of rotatable bonds is 3. The average Bonchev–Trinajstić information content (AvgIpc) is 2.68. The van der Waals surface area contributed by atoms with Crippen molar-refractivity contribution in [3.63, 3.8) is 0 Å². The van der Waals surface area contributed by atoms with Gasteiger partial charge >= 0.3 is 0 Å². The number of halogens is 1. The largest absolute Gasteiger partial charge is 0.319 e. The third-order valence-corrected chi connectivity index (χ3v) is 2.98. The summed E-state index contributed by atoms with van der Waals surface area (Å²) in [6.45, 7) is 6.56. The molecule has 2 aromatic rings. The summed E-state index contributed by atoms with van der Waals surface area (Å²) in [7, 11) is 0. The third-order valence-electron chi connectivity index (χ3n) is 2.98. The second-order valence-corrected chi connectivity index (χ2v) is 4.57. The Morgan fingerprint density at radius 3 is 2.61 bits per heavy atom. The highest BCUT2D eigenvalue weighted by molar-refractivity contribution is 5.32. The predicted octanol–water partition coefficient (Wildman–Crippen LogP) is 2.71. The van der Waals surface area contributed by atoms with Crippen LogP contribution in [-0.4, -0.2) is 9.78 Å². The summed E-state index contributed by atoms with van der Waals surface area (Å²) in [6, 6.07) is 6.50. The summed E-state index contributed by atoms with van der Waals surface area (Å²) in [5.74, 6) is -0.250.